The molecule has 1 atom stereocenters. The van der Waals surface area contributed by atoms with Crippen LogP contribution in [0.2, 0.25) is 0 Å². The summed E-state index contributed by atoms with van der Waals surface area (Å²) in [5.74, 6) is -1.11. The number of nitrogens with one attached hydrogen (secondary N) is 1. The average Bonchev–Trinajstić information content (AvgIpc) is 2.07. The Labute approximate surface area is 69.4 Å². The molecule has 4 heteroatoms. The second kappa shape index (κ2) is 3.85. The Kier molecular flexibility index (Phi) is 2.79. The molecule has 0 unspecified atom stereocenters. The number of carboxylic acids is 1. The summed E-state index contributed by atoms with van der Waals surface area (Å²) in [4.78, 5) is 10.5. The third kappa shape index (κ3) is 1.81. The molecule has 4 nitrogen and oxygen atoms in total. The van der Waals surface area contributed by atoms with Gasteiger partial charge in [-0.2, -0.15) is 5.48 Å². The van der Waals surface area contributed by atoms with E-state index in [9.17, 15) is 4.79 Å². The van der Waals surface area contributed by atoms with E-state index in [1.54, 1.807) is 35.8 Å². The van der Waals surface area contributed by atoms with Gasteiger partial charge in [-0.15, -0.1) is 0 Å². The Hall–Kier alpha value is -1.39. The molecule has 0 aliphatic carbocycles. The molecule has 1 rings (SSSR count). The molecule has 0 heterocycles. The molecular formula is C8H9NO3. The first-order chi connectivity index (χ1) is 5.75. The maximum Gasteiger partial charge on any atom is 0.327 e. The molecule has 0 radical (unpaired) electrons. The third-order valence-electron chi connectivity index (χ3n) is 1.51. The van der Waals surface area contributed by atoms with Crippen molar-refractivity contribution in [3.05, 3.63) is 35.9 Å². The van der Waals surface area contributed by atoms with Crippen molar-refractivity contribution in [3.8, 4) is 0 Å². The molecule has 0 spiro atoms. The summed E-state index contributed by atoms with van der Waals surface area (Å²) < 4.78 is 0. The minimum absolute atomic E-state index is 0.521. The smallest absolute Gasteiger partial charge is 0.327 e. The first-order valence-corrected chi connectivity index (χ1v) is 3.43. The maximum atomic E-state index is 10.5. The molecule has 0 aliphatic heterocycles. The molecule has 1 aromatic carbocycles. The lowest BCUT2D eigenvalue weighted by atomic mass is 10.1. The topological polar surface area (TPSA) is 69.6 Å². The van der Waals surface area contributed by atoms with E-state index in [2.05, 4.69) is 0 Å². The third-order valence-corrected chi connectivity index (χ3v) is 1.51. The highest BCUT2D eigenvalue weighted by molar-refractivity contribution is 5.75. The van der Waals surface area contributed by atoms with Crippen LogP contribution in [0, 0.1) is 0 Å². The van der Waals surface area contributed by atoms with E-state index in [4.69, 9.17) is 10.3 Å². The van der Waals surface area contributed by atoms with E-state index in [1.807, 2.05) is 0 Å². The minimum atomic E-state index is -1.11. The molecule has 3 N–H and O–H groups in total. The lowest BCUT2D eigenvalue weighted by Gasteiger charge is -2.08. The summed E-state index contributed by atoms with van der Waals surface area (Å²) in [6, 6.07) is 7.40. The second-order valence-corrected chi connectivity index (χ2v) is 2.31. The van der Waals surface area contributed by atoms with Gasteiger partial charge in [-0.1, -0.05) is 30.3 Å². The van der Waals surface area contributed by atoms with E-state index in [1.165, 1.54) is 0 Å². The van der Waals surface area contributed by atoms with Crippen LogP contribution in [0.15, 0.2) is 30.3 Å². The van der Waals surface area contributed by atoms with Crippen LogP contribution in [-0.4, -0.2) is 16.3 Å². The fraction of sp³-hybridized carbons (Fsp3) is 0.125. The van der Waals surface area contributed by atoms with Gasteiger partial charge in [0.1, 0.15) is 0 Å². The van der Waals surface area contributed by atoms with Crippen molar-refractivity contribution in [3.63, 3.8) is 0 Å². The van der Waals surface area contributed by atoms with E-state index in [0.29, 0.717) is 5.56 Å². The number of aliphatic carboxylic acids is 1. The SMILES string of the molecule is O=C(O)[C@@H](NO)c1ccccc1. The van der Waals surface area contributed by atoms with E-state index in [0.717, 1.165) is 0 Å². The van der Waals surface area contributed by atoms with Crippen LogP contribution >= 0.6 is 0 Å². The molecule has 0 aromatic heterocycles. The van der Waals surface area contributed by atoms with Gasteiger partial charge in [-0.25, -0.2) is 0 Å². The van der Waals surface area contributed by atoms with Crippen molar-refractivity contribution in [2.75, 3.05) is 0 Å². The zero-order chi connectivity index (χ0) is 8.97. The predicted octanol–water partition coefficient (Wildman–Crippen LogP) is 0.791. The van der Waals surface area contributed by atoms with Gasteiger partial charge >= 0.3 is 5.97 Å². The minimum Gasteiger partial charge on any atom is -0.480 e. The van der Waals surface area contributed by atoms with Crippen molar-refractivity contribution in [1.29, 1.82) is 0 Å². The second-order valence-electron chi connectivity index (χ2n) is 2.31. The summed E-state index contributed by atoms with van der Waals surface area (Å²) in [5, 5.41) is 17.1. The first-order valence-electron chi connectivity index (χ1n) is 3.43. The Morgan fingerprint density at radius 2 is 1.92 bits per heavy atom. The largest absolute Gasteiger partial charge is 0.480 e. The van der Waals surface area contributed by atoms with Gasteiger partial charge in [-0.05, 0) is 5.56 Å². The van der Waals surface area contributed by atoms with Crippen molar-refractivity contribution in [2.45, 2.75) is 6.04 Å². The van der Waals surface area contributed by atoms with Crippen LogP contribution in [0.4, 0.5) is 0 Å². The van der Waals surface area contributed by atoms with Crippen LogP contribution < -0.4 is 5.48 Å². The Morgan fingerprint density at radius 1 is 1.33 bits per heavy atom. The van der Waals surface area contributed by atoms with Gasteiger partial charge < -0.3 is 10.3 Å². The number of benzene rings is 1. The van der Waals surface area contributed by atoms with Gasteiger partial charge in [-0.3, -0.25) is 4.79 Å². The number of hydrogen-bond donors (Lipinski definition) is 3. The lowest BCUT2D eigenvalue weighted by molar-refractivity contribution is -0.142. The van der Waals surface area contributed by atoms with Crippen molar-refractivity contribution in [1.82, 2.24) is 5.48 Å². The highest BCUT2D eigenvalue weighted by Gasteiger charge is 2.17. The Bertz CT molecular complexity index is 260. The van der Waals surface area contributed by atoms with Crippen LogP contribution in [0.3, 0.4) is 0 Å². The zero-order valence-corrected chi connectivity index (χ0v) is 6.27. The molecule has 0 saturated carbocycles. The number of carbonyl (C=O) groups is 1. The molecular weight excluding hydrogens is 158 g/mol. The van der Waals surface area contributed by atoms with Gasteiger partial charge in [0.2, 0.25) is 0 Å². The van der Waals surface area contributed by atoms with Gasteiger partial charge in [0.25, 0.3) is 0 Å². The van der Waals surface area contributed by atoms with Gasteiger partial charge in [0.05, 0.1) is 0 Å². The quantitative estimate of drug-likeness (QED) is 0.582. The van der Waals surface area contributed by atoms with E-state index < -0.39 is 12.0 Å². The normalized spacial score (nSPS) is 12.4. The lowest BCUT2D eigenvalue weighted by Crippen LogP contribution is -2.25. The summed E-state index contributed by atoms with van der Waals surface area (Å²) in [5.41, 5.74) is 2.24. The molecule has 64 valence electrons. The van der Waals surface area contributed by atoms with Crippen LogP contribution in [0.25, 0.3) is 0 Å². The molecule has 0 amide bonds. The van der Waals surface area contributed by atoms with Crippen LogP contribution in [0.1, 0.15) is 11.6 Å². The van der Waals surface area contributed by atoms with Crippen LogP contribution in [-0.2, 0) is 4.79 Å². The number of hydrogen-bond acceptors (Lipinski definition) is 3. The average molecular weight is 167 g/mol. The number of carboxylic acid groups (broad SMARTS) is 1. The summed E-state index contributed by atoms with van der Waals surface area (Å²) >= 11 is 0. The van der Waals surface area contributed by atoms with Gasteiger partial charge in [0.15, 0.2) is 6.04 Å². The van der Waals surface area contributed by atoms with Crippen molar-refractivity contribution < 1.29 is 15.1 Å². The predicted molar refractivity (Wildman–Crippen MR) is 41.7 cm³/mol. The molecule has 0 saturated heterocycles. The van der Waals surface area contributed by atoms with Crippen molar-refractivity contribution >= 4 is 5.97 Å². The highest BCUT2D eigenvalue weighted by atomic mass is 16.5. The molecule has 0 bridgehead atoms. The fourth-order valence-electron chi connectivity index (χ4n) is 0.918. The number of rotatable bonds is 3. The summed E-state index contributed by atoms with van der Waals surface area (Å²) in [6.07, 6.45) is 0. The van der Waals surface area contributed by atoms with E-state index >= 15 is 0 Å². The number of hydroxylamine groups is 1. The molecule has 1 aromatic rings. The summed E-state index contributed by atoms with van der Waals surface area (Å²) in [6.45, 7) is 0. The standard InChI is InChI=1S/C8H9NO3/c10-8(11)7(9-12)6-4-2-1-3-5-6/h1-5,7,9,12H,(H,10,11)/t7-/m0/s1. The fourth-order valence-corrected chi connectivity index (χ4v) is 0.918. The molecule has 0 fully saturated rings. The van der Waals surface area contributed by atoms with Crippen LogP contribution in [0.5, 0.6) is 0 Å². The Morgan fingerprint density at radius 3 is 2.33 bits per heavy atom. The van der Waals surface area contributed by atoms with E-state index in [-0.39, 0.29) is 0 Å². The first kappa shape index (κ1) is 8.70. The molecule has 12 heavy (non-hydrogen) atoms. The molecule has 0 aliphatic rings. The Balaban J connectivity index is 2.88. The highest BCUT2D eigenvalue weighted by Crippen LogP contribution is 2.10. The maximum absolute atomic E-state index is 10.5. The summed E-state index contributed by atoms with van der Waals surface area (Å²) in [7, 11) is 0. The van der Waals surface area contributed by atoms with Gasteiger partial charge in [0, 0.05) is 0 Å². The zero-order valence-electron chi connectivity index (χ0n) is 6.27. The monoisotopic (exact) mass is 167 g/mol. The van der Waals surface area contributed by atoms with Crippen molar-refractivity contribution in [2.24, 2.45) is 0 Å².